The second-order valence-corrected chi connectivity index (χ2v) is 4.27. The Labute approximate surface area is 96.0 Å². The summed E-state index contributed by atoms with van der Waals surface area (Å²) in [6, 6.07) is -0.505. The minimum absolute atomic E-state index is 0.0144. The summed E-state index contributed by atoms with van der Waals surface area (Å²) in [7, 11) is 3.27. The lowest BCUT2D eigenvalue weighted by Gasteiger charge is -2.33. The van der Waals surface area contributed by atoms with Crippen LogP contribution >= 0.6 is 0 Å². The molecule has 3 N–H and O–H groups in total. The number of amides is 3. The summed E-state index contributed by atoms with van der Waals surface area (Å²) in [6.07, 6.45) is 0.216. The number of urea groups is 1. The number of hydrogen-bond donors (Lipinski definition) is 3. The van der Waals surface area contributed by atoms with Crippen LogP contribution in [-0.2, 0) is 4.79 Å². The van der Waals surface area contributed by atoms with Crippen molar-refractivity contribution in [3.05, 3.63) is 0 Å². The molecule has 0 radical (unpaired) electrons. The molecular weight excluding hydrogens is 210 g/mol. The largest absolute Gasteiger partial charge is 0.394 e. The molecule has 0 saturated heterocycles. The summed E-state index contributed by atoms with van der Waals surface area (Å²) in [5.41, 5.74) is -0.368. The molecule has 3 amide bonds. The zero-order chi connectivity index (χ0) is 12.8. The summed E-state index contributed by atoms with van der Waals surface area (Å²) in [5, 5.41) is 13.6. The molecule has 0 aliphatic rings. The van der Waals surface area contributed by atoms with Gasteiger partial charge in [-0.2, -0.15) is 0 Å². The second kappa shape index (κ2) is 6.44. The van der Waals surface area contributed by atoms with Gasteiger partial charge in [0.2, 0.25) is 5.91 Å². The maximum absolute atomic E-state index is 11.3. The van der Waals surface area contributed by atoms with Crippen LogP contribution in [0.3, 0.4) is 0 Å². The number of imide groups is 1. The number of rotatable bonds is 5. The predicted octanol–water partition coefficient (Wildman–Crippen LogP) is -0.465. The lowest BCUT2D eigenvalue weighted by Crippen LogP contribution is -2.46. The molecule has 6 heteroatoms. The molecule has 16 heavy (non-hydrogen) atoms. The third-order valence-corrected chi connectivity index (χ3v) is 2.57. The van der Waals surface area contributed by atoms with E-state index in [1.807, 2.05) is 25.8 Å². The number of carbonyl (C=O) groups is 2. The molecule has 0 unspecified atom stereocenters. The van der Waals surface area contributed by atoms with Gasteiger partial charge in [-0.05, 0) is 20.9 Å². The van der Waals surface area contributed by atoms with E-state index in [2.05, 4.69) is 10.6 Å². The zero-order valence-electron chi connectivity index (χ0n) is 10.3. The molecule has 0 aliphatic heterocycles. The van der Waals surface area contributed by atoms with Gasteiger partial charge in [-0.1, -0.05) is 0 Å². The van der Waals surface area contributed by atoms with Gasteiger partial charge in [-0.25, -0.2) is 4.79 Å². The Morgan fingerprint density at radius 1 is 1.38 bits per heavy atom. The van der Waals surface area contributed by atoms with E-state index in [0.29, 0.717) is 6.54 Å². The molecule has 0 bridgehead atoms. The van der Waals surface area contributed by atoms with Crippen LogP contribution in [0, 0.1) is 0 Å². The van der Waals surface area contributed by atoms with Crippen LogP contribution in [-0.4, -0.2) is 54.7 Å². The van der Waals surface area contributed by atoms with Crippen molar-refractivity contribution in [3.8, 4) is 0 Å². The normalized spacial score (nSPS) is 11.4. The number of likely N-dealkylation sites (N-methyl/N-ethyl adjacent to an activating group) is 1. The first kappa shape index (κ1) is 14.9. The molecule has 0 aliphatic carbocycles. The fraction of sp³-hybridized carbons (Fsp3) is 0.800. The van der Waals surface area contributed by atoms with Gasteiger partial charge >= 0.3 is 6.03 Å². The van der Waals surface area contributed by atoms with Crippen molar-refractivity contribution in [2.75, 3.05) is 27.2 Å². The quantitative estimate of drug-likeness (QED) is 0.598. The predicted molar refractivity (Wildman–Crippen MR) is 61.0 cm³/mol. The van der Waals surface area contributed by atoms with Crippen molar-refractivity contribution in [1.29, 1.82) is 0 Å². The molecule has 0 heterocycles. The first-order valence-corrected chi connectivity index (χ1v) is 5.17. The summed E-state index contributed by atoms with van der Waals surface area (Å²) >= 11 is 0. The molecule has 0 fully saturated rings. The van der Waals surface area contributed by atoms with Crippen molar-refractivity contribution < 1.29 is 14.7 Å². The van der Waals surface area contributed by atoms with E-state index in [9.17, 15) is 9.59 Å². The Hall–Kier alpha value is -1.14. The summed E-state index contributed by atoms with van der Waals surface area (Å²) < 4.78 is 0. The Kier molecular flexibility index (Phi) is 5.98. The number of aliphatic hydroxyl groups excluding tert-OH is 1. The summed E-state index contributed by atoms with van der Waals surface area (Å²) in [4.78, 5) is 24.0. The van der Waals surface area contributed by atoms with E-state index in [0.717, 1.165) is 0 Å². The number of carbonyl (C=O) groups excluding carboxylic acids is 2. The first-order valence-electron chi connectivity index (χ1n) is 5.17. The summed E-state index contributed by atoms with van der Waals surface area (Å²) in [5.74, 6) is -0.333. The molecule has 0 saturated carbocycles. The van der Waals surface area contributed by atoms with Crippen LogP contribution in [0.25, 0.3) is 0 Å². The lowest BCUT2D eigenvalue weighted by molar-refractivity contribution is -0.120. The van der Waals surface area contributed by atoms with Gasteiger partial charge in [0.1, 0.15) is 0 Å². The van der Waals surface area contributed by atoms with Gasteiger partial charge in [-0.15, -0.1) is 0 Å². The Morgan fingerprint density at radius 2 is 1.94 bits per heavy atom. The highest BCUT2D eigenvalue weighted by Gasteiger charge is 2.22. The van der Waals surface area contributed by atoms with Crippen LogP contribution < -0.4 is 10.6 Å². The Balaban J connectivity index is 3.97. The topological polar surface area (TPSA) is 81.7 Å². The maximum atomic E-state index is 11.3. The van der Waals surface area contributed by atoms with Crippen LogP contribution in [0.1, 0.15) is 20.3 Å². The zero-order valence-corrected chi connectivity index (χ0v) is 10.3. The smallest absolute Gasteiger partial charge is 0.321 e. The third-order valence-electron chi connectivity index (χ3n) is 2.57. The SMILES string of the molecule is CNC(=O)NC(=O)CCN(C)C(C)(C)CO. The lowest BCUT2D eigenvalue weighted by atomic mass is 10.1. The number of aliphatic hydroxyl groups is 1. The van der Waals surface area contributed by atoms with Crippen molar-refractivity contribution in [3.63, 3.8) is 0 Å². The Morgan fingerprint density at radius 3 is 2.38 bits per heavy atom. The third kappa shape index (κ3) is 5.09. The fourth-order valence-electron chi connectivity index (χ4n) is 0.944. The molecular formula is C10H21N3O3. The molecule has 0 aromatic heterocycles. The van der Waals surface area contributed by atoms with Gasteiger partial charge in [0.05, 0.1) is 6.61 Å². The van der Waals surface area contributed by atoms with Crippen LogP contribution in [0.2, 0.25) is 0 Å². The molecule has 0 aromatic rings. The van der Waals surface area contributed by atoms with Crippen molar-refractivity contribution >= 4 is 11.9 Å². The van der Waals surface area contributed by atoms with E-state index < -0.39 is 6.03 Å². The van der Waals surface area contributed by atoms with Crippen LogP contribution in [0.5, 0.6) is 0 Å². The average molecular weight is 231 g/mol. The van der Waals surface area contributed by atoms with Gasteiger partial charge in [0.25, 0.3) is 0 Å². The highest BCUT2D eigenvalue weighted by Crippen LogP contribution is 2.10. The molecule has 94 valence electrons. The van der Waals surface area contributed by atoms with E-state index in [4.69, 9.17) is 5.11 Å². The highest BCUT2D eigenvalue weighted by atomic mass is 16.3. The van der Waals surface area contributed by atoms with Crippen molar-refractivity contribution in [1.82, 2.24) is 15.5 Å². The van der Waals surface area contributed by atoms with E-state index in [1.165, 1.54) is 7.05 Å². The minimum Gasteiger partial charge on any atom is -0.394 e. The molecule has 0 aromatic carbocycles. The van der Waals surface area contributed by atoms with Gasteiger partial charge in [-0.3, -0.25) is 15.0 Å². The molecule has 0 atom stereocenters. The first-order chi connectivity index (χ1) is 7.33. The van der Waals surface area contributed by atoms with Crippen molar-refractivity contribution in [2.24, 2.45) is 0 Å². The maximum Gasteiger partial charge on any atom is 0.321 e. The van der Waals surface area contributed by atoms with Gasteiger partial charge in [0.15, 0.2) is 0 Å². The monoisotopic (exact) mass is 231 g/mol. The minimum atomic E-state index is -0.505. The van der Waals surface area contributed by atoms with Gasteiger partial charge < -0.3 is 10.4 Å². The summed E-state index contributed by atoms with van der Waals surface area (Å²) in [6.45, 7) is 4.25. The fourth-order valence-corrected chi connectivity index (χ4v) is 0.944. The van der Waals surface area contributed by atoms with E-state index >= 15 is 0 Å². The number of hydrogen-bond acceptors (Lipinski definition) is 4. The number of nitrogens with one attached hydrogen (secondary N) is 2. The van der Waals surface area contributed by atoms with Crippen LogP contribution in [0.4, 0.5) is 4.79 Å². The highest BCUT2D eigenvalue weighted by molar-refractivity contribution is 5.94. The van der Waals surface area contributed by atoms with E-state index in [-0.39, 0.29) is 24.5 Å². The van der Waals surface area contributed by atoms with Crippen molar-refractivity contribution in [2.45, 2.75) is 25.8 Å². The number of nitrogens with zero attached hydrogens (tertiary/aromatic N) is 1. The van der Waals surface area contributed by atoms with Gasteiger partial charge in [0, 0.05) is 25.6 Å². The molecule has 0 spiro atoms. The molecule has 6 nitrogen and oxygen atoms in total. The van der Waals surface area contributed by atoms with Crippen LogP contribution in [0.15, 0.2) is 0 Å². The standard InChI is InChI=1S/C10H21N3O3/c1-10(2,7-14)13(4)6-5-8(15)12-9(16)11-3/h14H,5-7H2,1-4H3,(H2,11,12,15,16). The van der Waals surface area contributed by atoms with E-state index in [1.54, 1.807) is 0 Å². The molecule has 0 rings (SSSR count). The second-order valence-electron chi connectivity index (χ2n) is 4.27. The average Bonchev–Trinajstić information content (AvgIpc) is 2.25. The Bertz CT molecular complexity index is 254.